The maximum absolute atomic E-state index is 12.6. The predicted molar refractivity (Wildman–Crippen MR) is 120 cm³/mol. The lowest BCUT2D eigenvalue weighted by Crippen LogP contribution is -2.35. The molecule has 6 nitrogen and oxygen atoms in total. The molecule has 1 amide bonds. The molecule has 0 saturated heterocycles. The molecule has 3 heterocycles. The molecule has 0 atom stereocenters. The topological polar surface area (TPSA) is 73.8 Å². The Morgan fingerprint density at radius 2 is 1.83 bits per heavy atom. The van der Waals surface area contributed by atoms with Crippen molar-refractivity contribution in [3.63, 3.8) is 0 Å². The number of hydrogen-bond acceptors (Lipinski definition) is 4. The van der Waals surface area contributed by atoms with Crippen molar-refractivity contribution in [2.75, 3.05) is 0 Å². The largest absolute Gasteiger partial charge is 0.318 e. The number of hydrazone groups is 1. The summed E-state index contributed by atoms with van der Waals surface area (Å²) < 4.78 is 2.15. The number of aryl methyl sites for hydroxylation is 2. The van der Waals surface area contributed by atoms with Gasteiger partial charge in [-0.2, -0.15) is 15.1 Å². The van der Waals surface area contributed by atoms with E-state index in [1.807, 2.05) is 33.8 Å². The fourth-order valence-electron chi connectivity index (χ4n) is 3.42. The summed E-state index contributed by atoms with van der Waals surface area (Å²) in [6, 6.07) is 10.4. The predicted octanol–water partition coefficient (Wildman–Crippen LogP) is 4.68. The highest BCUT2D eigenvalue weighted by Crippen LogP contribution is 2.31. The third-order valence-electron chi connectivity index (χ3n) is 5.03. The van der Waals surface area contributed by atoms with Crippen LogP contribution >= 0.6 is 11.8 Å². The van der Waals surface area contributed by atoms with Crippen LogP contribution in [-0.2, 0) is 4.79 Å². The number of aromatic nitrogens is 1. The maximum Gasteiger partial charge on any atom is 0.283 e. The lowest BCUT2D eigenvalue weighted by atomic mass is 10.1. The number of benzene rings is 1. The third kappa shape index (κ3) is 3.35. The summed E-state index contributed by atoms with van der Waals surface area (Å²) in [5.74, 6) is -0.102. The van der Waals surface area contributed by atoms with E-state index in [1.165, 1.54) is 22.3 Å². The zero-order valence-electron chi connectivity index (χ0n) is 17.1. The van der Waals surface area contributed by atoms with Gasteiger partial charge in [-0.1, -0.05) is 31.5 Å². The number of amides is 1. The summed E-state index contributed by atoms with van der Waals surface area (Å²) in [6.07, 6.45) is 1.76. The van der Waals surface area contributed by atoms with Crippen LogP contribution in [0.1, 0.15) is 36.4 Å². The zero-order chi connectivity index (χ0) is 20.9. The van der Waals surface area contributed by atoms with Gasteiger partial charge in [0.1, 0.15) is 5.04 Å². The molecule has 0 fully saturated rings. The SMILES string of the molecule is Cc1ccc(-n2c(C)cc(/C=C3\C(=N)N4N=C(C(C)C)SC4=NC3=O)c2C)cc1. The average molecular weight is 406 g/mol. The third-order valence-corrected chi connectivity index (χ3v) is 6.24. The number of amidine groups is 2. The van der Waals surface area contributed by atoms with Gasteiger partial charge >= 0.3 is 0 Å². The quantitative estimate of drug-likeness (QED) is 0.754. The van der Waals surface area contributed by atoms with Crippen LogP contribution in [0.25, 0.3) is 11.8 Å². The molecular formula is C22H23N5OS. The van der Waals surface area contributed by atoms with Gasteiger partial charge in [-0.25, -0.2) is 0 Å². The van der Waals surface area contributed by atoms with Crippen LogP contribution in [0.5, 0.6) is 0 Å². The Kier molecular flexibility index (Phi) is 4.78. The van der Waals surface area contributed by atoms with E-state index >= 15 is 0 Å². The standard InChI is InChI=1S/C22H23N5OS/c1-12(2)21-25-27-19(23)18(20(28)24-22(27)29-21)11-16-10-14(4)26(15(16)5)17-8-6-13(3)7-9-17/h6-12,23H,1-5H3/b18-11+,23-19?. The number of thioether (sulfide) groups is 1. The molecule has 4 rings (SSSR count). The molecule has 7 heteroatoms. The molecule has 1 aromatic carbocycles. The van der Waals surface area contributed by atoms with Crippen molar-refractivity contribution >= 4 is 39.8 Å². The lowest BCUT2D eigenvalue weighted by Gasteiger charge is -2.20. The Hall–Kier alpha value is -2.93. The highest BCUT2D eigenvalue weighted by atomic mass is 32.2. The van der Waals surface area contributed by atoms with Gasteiger partial charge in [-0.15, -0.1) is 0 Å². The zero-order valence-corrected chi connectivity index (χ0v) is 18.0. The first-order valence-electron chi connectivity index (χ1n) is 9.52. The number of nitrogens with one attached hydrogen (secondary N) is 1. The number of hydrogen-bond donors (Lipinski definition) is 1. The number of fused-ring (bicyclic) bond motifs is 1. The van der Waals surface area contributed by atoms with Crippen molar-refractivity contribution in [2.24, 2.45) is 16.0 Å². The van der Waals surface area contributed by atoms with Gasteiger partial charge in [-0.3, -0.25) is 10.2 Å². The van der Waals surface area contributed by atoms with Gasteiger partial charge in [0.25, 0.3) is 5.91 Å². The van der Waals surface area contributed by atoms with E-state index in [-0.39, 0.29) is 17.3 Å². The van der Waals surface area contributed by atoms with E-state index in [0.29, 0.717) is 5.17 Å². The van der Waals surface area contributed by atoms with Crippen molar-refractivity contribution in [1.29, 1.82) is 5.41 Å². The van der Waals surface area contributed by atoms with Crippen LogP contribution < -0.4 is 0 Å². The van der Waals surface area contributed by atoms with E-state index in [1.54, 1.807) is 6.08 Å². The molecular weight excluding hydrogens is 382 g/mol. The van der Waals surface area contributed by atoms with Crippen LogP contribution in [0.2, 0.25) is 0 Å². The van der Waals surface area contributed by atoms with Crippen LogP contribution in [-0.4, -0.2) is 31.5 Å². The van der Waals surface area contributed by atoms with E-state index < -0.39 is 5.91 Å². The lowest BCUT2D eigenvalue weighted by molar-refractivity contribution is -0.114. The summed E-state index contributed by atoms with van der Waals surface area (Å²) in [5.41, 5.74) is 5.51. The molecule has 0 saturated carbocycles. The fraction of sp³-hybridized carbons (Fsp3) is 0.273. The van der Waals surface area contributed by atoms with Crippen LogP contribution in [0.15, 0.2) is 46.0 Å². The number of carbonyl (C=O) groups excluding carboxylic acids is 1. The molecule has 0 unspecified atom stereocenters. The first-order valence-corrected chi connectivity index (χ1v) is 10.3. The molecule has 148 valence electrons. The minimum Gasteiger partial charge on any atom is -0.318 e. The molecule has 0 bridgehead atoms. The molecule has 1 N–H and O–H groups in total. The maximum atomic E-state index is 12.6. The van der Waals surface area contributed by atoms with E-state index in [4.69, 9.17) is 5.41 Å². The minimum absolute atomic E-state index is 0.0725. The Morgan fingerprint density at radius 1 is 1.14 bits per heavy atom. The van der Waals surface area contributed by atoms with Gasteiger partial charge in [0.15, 0.2) is 5.84 Å². The highest BCUT2D eigenvalue weighted by molar-refractivity contribution is 8.27. The van der Waals surface area contributed by atoms with Gasteiger partial charge < -0.3 is 4.57 Å². The van der Waals surface area contributed by atoms with Gasteiger partial charge in [-0.05, 0) is 62.4 Å². The highest BCUT2D eigenvalue weighted by Gasteiger charge is 2.36. The second-order valence-corrected chi connectivity index (χ2v) is 8.60. The molecule has 29 heavy (non-hydrogen) atoms. The number of nitrogens with zero attached hydrogens (tertiary/aromatic N) is 4. The molecule has 2 aliphatic heterocycles. The Bertz CT molecular complexity index is 1120. The Balaban J connectivity index is 1.74. The Labute approximate surface area is 174 Å². The van der Waals surface area contributed by atoms with Gasteiger partial charge in [0.2, 0.25) is 5.17 Å². The number of aliphatic imine (C=N–C) groups is 1. The number of carbonyl (C=O) groups is 1. The van der Waals surface area contributed by atoms with Crippen molar-refractivity contribution in [3.8, 4) is 5.69 Å². The second kappa shape index (κ2) is 7.15. The van der Waals surface area contributed by atoms with E-state index in [2.05, 4.69) is 45.9 Å². The normalized spacial score (nSPS) is 17.9. The molecule has 0 aliphatic carbocycles. The van der Waals surface area contributed by atoms with E-state index in [9.17, 15) is 4.79 Å². The summed E-state index contributed by atoms with van der Waals surface area (Å²) in [6.45, 7) is 10.2. The summed E-state index contributed by atoms with van der Waals surface area (Å²) in [7, 11) is 0. The molecule has 2 aliphatic rings. The van der Waals surface area contributed by atoms with Crippen molar-refractivity contribution < 1.29 is 4.79 Å². The Morgan fingerprint density at radius 3 is 2.48 bits per heavy atom. The van der Waals surface area contributed by atoms with Crippen LogP contribution in [0.3, 0.4) is 0 Å². The summed E-state index contributed by atoms with van der Waals surface area (Å²) in [5, 5.41) is 15.8. The van der Waals surface area contributed by atoms with Crippen molar-refractivity contribution in [2.45, 2.75) is 34.6 Å². The van der Waals surface area contributed by atoms with Crippen molar-refractivity contribution in [3.05, 3.63) is 58.4 Å². The first-order chi connectivity index (χ1) is 13.8. The molecule has 0 spiro atoms. The van der Waals surface area contributed by atoms with Crippen LogP contribution in [0, 0.1) is 32.1 Å². The van der Waals surface area contributed by atoms with Crippen LogP contribution in [0.4, 0.5) is 0 Å². The summed E-state index contributed by atoms with van der Waals surface area (Å²) >= 11 is 1.36. The van der Waals surface area contributed by atoms with E-state index in [0.717, 1.165) is 27.7 Å². The molecule has 1 aromatic heterocycles. The van der Waals surface area contributed by atoms with Gasteiger partial charge in [0.05, 0.1) is 5.57 Å². The minimum atomic E-state index is -0.394. The fourth-order valence-corrected chi connectivity index (χ4v) is 4.31. The smallest absolute Gasteiger partial charge is 0.283 e. The van der Waals surface area contributed by atoms with Crippen molar-refractivity contribution in [1.82, 2.24) is 9.58 Å². The molecule has 2 aromatic rings. The monoisotopic (exact) mass is 405 g/mol. The number of rotatable bonds is 3. The summed E-state index contributed by atoms with van der Waals surface area (Å²) in [4.78, 5) is 16.8. The molecule has 0 radical (unpaired) electrons. The second-order valence-electron chi connectivity index (χ2n) is 7.61. The van der Waals surface area contributed by atoms with Gasteiger partial charge in [0, 0.05) is 23.0 Å². The average Bonchev–Trinajstić information content (AvgIpc) is 3.21. The first kappa shape index (κ1) is 19.4.